The maximum absolute atomic E-state index is 5.92. The lowest BCUT2D eigenvalue weighted by Gasteiger charge is -2.19. The summed E-state index contributed by atoms with van der Waals surface area (Å²) in [4.78, 5) is 4.15. The zero-order valence-corrected chi connectivity index (χ0v) is 11.8. The highest BCUT2D eigenvalue weighted by Crippen LogP contribution is 2.23. The van der Waals surface area contributed by atoms with E-state index >= 15 is 0 Å². The number of rotatable bonds is 7. The van der Waals surface area contributed by atoms with Crippen LogP contribution in [-0.2, 0) is 0 Å². The fourth-order valence-corrected chi connectivity index (χ4v) is 2.79. The van der Waals surface area contributed by atoms with Crippen molar-refractivity contribution < 1.29 is 0 Å². The average Bonchev–Trinajstić information content (AvgIpc) is 2.28. The van der Waals surface area contributed by atoms with Gasteiger partial charge in [0.1, 0.15) is 5.82 Å². The minimum atomic E-state index is 0.303. The Morgan fingerprint density at radius 2 is 2.18 bits per heavy atom. The van der Waals surface area contributed by atoms with Crippen LogP contribution < -0.4 is 11.1 Å². The minimum absolute atomic E-state index is 0.303. The van der Waals surface area contributed by atoms with Crippen LogP contribution in [0.15, 0.2) is 18.3 Å². The van der Waals surface area contributed by atoms with E-state index in [1.807, 2.05) is 17.8 Å². The van der Waals surface area contributed by atoms with E-state index in [0.29, 0.717) is 11.9 Å². The molecule has 1 heterocycles. The summed E-state index contributed by atoms with van der Waals surface area (Å²) in [6, 6.07) is 4.31. The molecule has 0 saturated carbocycles. The monoisotopic (exact) mass is 253 g/mol. The lowest BCUT2D eigenvalue weighted by Crippen LogP contribution is -2.24. The SMILES string of the molecule is CCNC(CSCC(C)C)c1cccnc1N. The molecule has 1 aromatic rings. The van der Waals surface area contributed by atoms with Gasteiger partial charge in [-0.3, -0.25) is 0 Å². The van der Waals surface area contributed by atoms with E-state index in [0.717, 1.165) is 23.8 Å². The molecular formula is C13H23N3S. The second kappa shape index (κ2) is 7.56. The van der Waals surface area contributed by atoms with Crippen molar-refractivity contribution in [2.24, 2.45) is 5.92 Å². The molecule has 0 aliphatic heterocycles. The quantitative estimate of drug-likeness (QED) is 0.784. The van der Waals surface area contributed by atoms with Gasteiger partial charge in [-0.25, -0.2) is 4.98 Å². The Morgan fingerprint density at radius 3 is 2.76 bits per heavy atom. The third kappa shape index (κ3) is 4.96. The van der Waals surface area contributed by atoms with Crippen molar-refractivity contribution in [1.29, 1.82) is 0 Å². The molecule has 0 aromatic carbocycles. The Balaban J connectivity index is 2.62. The van der Waals surface area contributed by atoms with Crippen LogP contribution in [0.2, 0.25) is 0 Å². The lowest BCUT2D eigenvalue weighted by molar-refractivity contribution is 0.605. The molecule has 1 aromatic heterocycles. The van der Waals surface area contributed by atoms with E-state index in [-0.39, 0.29) is 0 Å². The summed E-state index contributed by atoms with van der Waals surface area (Å²) in [6.45, 7) is 7.55. The molecule has 0 saturated heterocycles. The van der Waals surface area contributed by atoms with Gasteiger partial charge in [0.15, 0.2) is 0 Å². The van der Waals surface area contributed by atoms with Crippen LogP contribution in [0.1, 0.15) is 32.4 Å². The molecular weight excluding hydrogens is 230 g/mol. The normalized spacial score (nSPS) is 12.9. The zero-order valence-electron chi connectivity index (χ0n) is 10.9. The van der Waals surface area contributed by atoms with Crippen LogP contribution in [0.4, 0.5) is 5.82 Å². The first kappa shape index (κ1) is 14.3. The van der Waals surface area contributed by atoms with Crippen molar-refractivity contribution in [2.75, 3.05) is 23.8 Å². The number of nitrogens with two attached hydrogens (primary N) is 1. The summed E-state index contributed by atoms with van der Waals surface area (Å²) in [5, 5.41) is 3.47. The van der Waals surface area contributed by atoms with E-state index in [4.69, 9.17) is 5.73 Å². The number of hydrogen-bond donors (Lipinski definition) is 2. The topological polar surface area (TPSA) is 50.9 Å². The Morgan fingerprint density at radius 1 is 1.41 bits per heavy atom. The molecule has 3 nitrogen and oxygen atoms in total. The Hall–Kier alpha value is -0.740. The Bertz CT molecular complexity index is 328. The molecule has 0 aliphatic rings. The third-order valence-corrected chi connectivity index (χ3v) is 3.90. The van der Waals surface area contributed by atoms with E-state index in [2.05, 4.69) is 37.1 Å². The molecule has 17 heavy (non-hydrogen) atoms. The first-order valence-electron chi connectivity index (χ1n) is 6.16. The number of nitrogens with zero attached hydrogens (tertiary/aromatic N) is 1. The van der Waals surface area contributed by atoms with E-state index < -0.39 is 0 Å². The molecule has 1 rings (SSSR count). The van der Waals surface area contributed by atoms with Gasteiger partial charge in [0.05, 0.1) is 0 Å². The molecule has 0 aliphatic carbocycles. The zero-order chi connectivity index (χ0) is 12.7. The number of aromatic nitrogens is 1. The van der Waals surface area contributed by atoms with Crippen LogP contribution in [0, 0.1) is 5.92 Å². The Kier molecular flexibility index (Phi) is 6.37. The maximum Gasteiger partial charge on any atom is 0.128 e. The Labute approximate surface area is 109 Å². The highest BCUT2D eigenvalue weighted by atomic mass is 32.2. The highest BCUT2D eigenvalue weighted by Gasteiger charge is 2.13. The van der Waals surface area contributed by atoms with Gasteiger partial charge < -0.3 is 11.1 Å². The summed E-state index contributed by atoms with van der Waals surface area (Å²) in [5.41, 5.74) is 7.04. The number of thioether (sulfide) groups is 1. The molecule has 0 amide bonds. The van der Waals surface area contributed by atoms with E-state index in [9.17, 15) is 0 Å². The number of nitrogens with one attached hydrogen (secondary N) is 1. The molecule has 96 valence electrons. The summed E-state index contributed by atoms with van der Waals surface area (Å²) in [7, 11) is 0. The number of pyridine rings is 1. The minimum Gasteiger partial charge on any atom is -0.383 e. The van der Waals surface area contributed by atoms with Crippen molar-refractivity contribution in [3.8, 4) is 0 Å². The summed E-state index contributed by atoms with van der Waals surface area (Å²) < 4.78 is 0. The predicted molar refractivity (Wildman–Crippen MR) is 77.2 cm³/mol. The largest absolute Gasteiger partial charge is 0.383 e. The molecule has 1 atom stereocenters. The number of anilines is 1. The van der Waals surface area contributed by atoms with Crippen molar-refractivity contribution in [1.82, 2.24) is 10.3 Å². The van der Waals surface area contributed by atoms with Crippen LogP contribution in [0.3, 0.4) is 0 Å². The van der Waals surface area contributed by atoms with Crippen molar-refractivity contribution in [2.45, 2.75) is 26.8 Å². The molecule has 0 bridgehead atoms. The van der Waals surface area contributed by atoms with Crippen LogP contribution >= 0.6 is 11.8 Å². The fourth-order valence-electron chi connectivity index (χ4n) is 1.65. The maximum atomic E-state index is 5.92. The lowest BCUT2D eigenvalue weighted by atomic mass is 10.1. The first-order valence-corrected chi connectivity index (χ1v) is 7.32. The second-order valence-corrected chi connectivity index (χ2v) is 5.59. The van der Waals surface area contributed by atoms with Crippen molar-refractivity contribution in [3.05, 3.63) is 23.9 Å². The summed E-state index contributed by atoms with van der Waals surface area (Å²) in [6.07, 6.45) is 1.74. The van der Waals surface area contributed by atoms with Crippen LogP contribution in [0.5, 0.6) is 0 Å². The standard InChI is InChI=1S/C13H23N3S/c1-4-15-12(9-17-8-10(2)3)11-6-5-7-16-13(11)14/h5-7,10,12,15H,4,8-9H2,1-3H3,(H2,14,16). The van der Waals surface area contributed by atoms with Gasteiger partial charge in [-0.1, -0.05) is 26.8 Å². The third-order valence-electron chi connectivity index (χ3n) is 2.43. The van der Waals surface area contributed by atoms with Gasteiger partial charge >= 0.3 is 0 Å². The molecule has 3 N–H and O–H groups in total. The van der Waals surface area contributed by atoms with Crippen molar-refractivity contribution in [3.63, 3.8) is 0 Å². The van der Waals surface area contributed by atoms with Crippen LogP contribution in [0.25, 0.3) is 0 Å². The fraction of sp³-hybridized carbons (Fsp3) is 0.615. The molecule has 0 spiro atoms. The first-order chi connectivity index (χ1) is 8.15. The smallest absolute Gasteiger partial charge is 0.128 e. The van der Waals surface area contributed by atoms with E-state index in [1.165, 1.54) is 5.75 Å². The van der Waals surface area contributed by atoms with Gasteiger partial charge in [0.2, 0.25) is 0 Å². The van der Waals surface area contributed by atoms with Crippen molar-refractivity contribution >= 4 is 17.6 Å². The predicted octanol–water partition coefficient (Wildman–Crippen LogP) is 2.70. The summed E-state index contributed by atoms with van der Waals surface area (Å²) in [5.74, 6) is 3.60. The number of hydrogen-bond acceptors (Lipinski definition) is 4. The van der Waals surface area contributed by atoms with Gasteiger partial charge in [0.25, 0.3) is 0 Å². The molecule has 0 radical (unpaired) electrons. The molecule has 1 unspecified atom stereocenters. The van der Waals surface area contributed by atoms with Crippen LogP contribution in [-0.4, -0.2) is 23.0 Å². The van der Waals surface area contributed by atoms with Gasteiger partial charge in [-0.05, 0) is 24.3 Å². The van der Waals surface area contributed by atoms with E-state index in [1.54, 1.807) is 6.20 Å². The van der Waals surface area contributed by atoms with Gasteiger partial charge in [-0.15, -0.1) is 0 Å². The molecule has 4 heteroatoms. The number of nitrogen functional groups attached to an aromatic ring is 1. The average molecular weight is 253 g/mol. The summed E-state index contributed by atoms with van der Waals surface area (Å²) >= 11 is 1.97. The second-order valence-electron chi connectivity index (χ2n) is 4.52. The van der Waals surface area contributed by atoms with Gasteiger partial charge in [-0.2, -0.15) is 11.8 Å². The highest BCUT2D eigenvalue weighted by molar-refractivity contribution is 7.99. The molecule has 0 fully saturated rings. The van der Waals surface area contributed by atoms with Gasteiger partial charge in [0, 0.05) is 23.6 Å².